The summed E-state index contributed by atoms with van der Waals surface area (Å²) in [5.74, 6) is -0.0974. The van der Waals surface area contributed by atoms with E-state index in [1.807, 2.05) is 52.0 Å². The third-order valence-electron chi connectivity index (χ3n) is 6.01. The molecule has 180 valence electrons. The number of hydrogen-bond acceptors (Lipinski definition) is 6. The topological polar surface area (TPSA) is 88.6 Å². The quantitative estimate of drug-likeness (QED) is 0.509. The summed E-state index contributed by atoms with van der Waals surface area (Å²) < 4.78 is 32.8. The van der Waals surface area contributed by atoms with Crippen LogP contribution in [-0.4, -0.2) is 55.2 Å². The summed E-state index contributed by atoms with van der Waals surface area (Å²) in [7, 11) is -3.58. The zero-order valence-corrected chi connectivity index (χ0v) is 21.4. The molecule has 0 radical (unpaired) electrons. The normalized spacial score (nSPS) is 15.9. The van der Waals surface area contributed by atoms with Crippen molar-refractivity contribution in [2.75, 3.05) is 31.6 Å². The van der Waals surface area contributed by atoms with Crippen LogP contribution in [0.15, 0.2) is 52.4 Å². The van der Waals surface area contributed by atoms with Crippen molar-refractivity contribution in [3.05, 3.63) is 59.2 Å². The minimum Gasteiger partial charge on any atom is -0.379 e. The minimum atomic E-state index is -3.58. The number of anilines is 1. The molecule has 1 atom stereocenters. The highest BCUT2D eigenvalue weighted by Gasteiger charge is 2.27. The molecule has 1 aliphatic rings. The fourth-order valence-corrected chi connectivity index (χ4v) is 6.16. The predicted molar refractivity (Wildman–Crippen MR) is 136 cm³/mol. The lowest BCUT2D eigenvalue weighted by Gasteiger charge is -2.26. The molecule has 0 saturated carbocycles. The number of hydrogen-bond donors (Lipinski definition) is 1. The van der Waals surface area contributed by atoms with Crippen LogP contribution in [0.1, 0.15) is 23.6 Å². The molecule has 9 heteroatoms. The number of fused-ring (bicyclic) bond motifs is 1. The van der Waals surface area contributed by atoms with Gasteiger partial charge in [-0.15, -0.1) is 0 Å². The van der Waals surface area contributed by atoms with Crippen molar-refractivity contribution in [1.29, 1.82) is 0 Å². The Balaban J connectivity index is 1.52. The SMILES string of the molecule is Cc1ccc(NC(=O)[C@@H](C)Sc2cc(C)c3cc(S(=O)(=O)N4CCOCC4)ccc3n2)cc1C. The minimum absolute atomic E-state index is 0.0974. The predicted octanol–water partition coefficient (Wildman–Crippen LogP) is 4.30. The van der Waals surface area contributed by atoms with Crippen molar-refractivity contribution >= 4 is 44.3 Å². The van der Waals surface area contributed by atoms with Crippen LogP contribution in [0.3, 0.4) is 0 Å². The molecule has 1 N–H and O–H groups in total. The molecule has 1 saturated heterocycles. The first-order valence-corrected chi connectivity index (χ1v) is 13.5. The number of aromatic nitrogens is 1. The van der Waals surface area contributed by atoms with Crippen molar-refractivity contribution in [2.45, 2.75) is 42.9 Å². The van der Waals surface area contributed by atoms with Gasteiger partial charge in [0.15, 0.2) is 0 Å². The number of sulfonamides is 1. The van der Waals surface area contributed by atoms with Crippen LogP contribution in [0.5, 0.6) is 0 Å². The van der Waals surface area contributed by atoms with Gasteiger partial charge in [-0.25, -0.2) is 13.4 Å². The number of rotatable bonds is 6. The number of ether oxygens (including phenoxy) is 1. The molecule has 2 aromatic carbocycles. The number of benzene rings is 2. The summed E-state index contributed by atoms with van der Waals surface area (Å²) in [6.07, 6.45) is 0. The lowest BCUT2D eigenvalue weighted by molar-refractivity contribution is -0.115. The lowest BCUT2D eigenvalue weighted by atomic mass is 10.1. The number of nitrogens with one attached hydrogen (secondary N) is 1. The molecule has 3 aromatic rings. The Morgan fingerprint density at radius 2 is 1.76 bits per heavy atom. The van der Waals surface area contributed by atoms with E-state index in [1.54, 1.807) is 18.2 Å². The first-order valence-electron chi connectivity index (χ1n) is 11.2. The number of thioether (sulfide) groups is 1. The van der Waals surface area contributed by atoms with Crippen LogP contribution in [0.25, 0.3) is 10.9 Å². The number of amides is 1. The van der Waals surface area contributed by atoms with Crippen LogP contribution < -0.4 is 5.32 Å². The fourth-order valence-electron chi connectivity index (χ4n) is 3.80. The van der Waals surface area contributed by atoms with Gasteiger partial charge in [-0.1, -0.05) is 17.8 Å². The van der Waals surface area contributed by atoms with E-state index in [1.165, 1.54) is 21.6 Å². The van der Waals surface area contributed by atoms with Gasteiger partial charge in [-0.2, -0.15) is 4.31 Å². The van der Waals surface area contributed by atoms with Crippen molar-refractivity contribution in [1.82, 2.24) is 9.29 Å². The highest BCUT2D eigenvalue weighted by Crippen LogP contribution is 2.29. The van der Waals surface area contributed by atoms with E-state index in [9.17, 15) is 13.2 Å². The van der Waals surface area contributed by atoms with E-state index in [-0.39, 0.29) is 16.1 Å². The maximum Gasteiger partial charge on any atom is 0.243 e. The maximum atomic E-state index is 13.0. The van der Waals surface area contributed by atoms with Crippen LogP contribution in [0, 0.1) is 20.8 Å². The number of pyridine rings is 1. The van der Waals surface area contributed by atoms with Crippen molar-refractivity contribution in [2.24, 2.45) is 0 Å². The largest absolute Gasteiger partial charge is 0.379 e. The highest BCUT2D eigenvalue weighted by atomic mass is 32.2. The zero-order valence-electron chi connectivity index (χ0n) is 19.8. The summed E-state index contributed by atoms with van der Waals surface area (Å²) in [5.41, 5.74) is 4.69. The number of carbonyl (C=O) groups excluding carboxylic acids is 1. The Morgan fingerprint density at radius 1 is 1.03 bits per heavy atom. The van der Waals surface area contributed by atoms with E-state index in [4.69, 9.17) is 4.74 Å². The number of carbonyl (C=O) groups is 1. The molecule has 34 heavy (non-hydrogen) atoms. The second kappa shape index (κ2) is 10.0. The first-order chi connectivity index (χ1) is 16.1. The molecule has 2 heterocycles. The van der Waals surface area contributed by atoms with Gasteiger partial charge in [-0.05, 0) is 80.8 Å². The van der Waals surface area contributed by atoms with E-state index < -0.39 is 10.0 Å². The molecular weight excluding hydrogens is 470 g/mol. The first kappa shape index (κ1) is 24.7. The van der Waals surface area contributed by atoms with Crippen molar-refractivity contribution in [3.8, 4) is 0 Å². The van der Waals surface area contributed by atoms with Gasteiger partial charge in [0, 0.05) is 24.2 Å². The zero-order chi connectivity index (χ0) is 24.5. The second-order valence-corrected chi connectivity index (χ2v) is 11.8. The van der Waals surface area contributed by atoms with Gasteiger partial charge in [0.1, 0.15) is 0 Å². The van der Waals surface area contributed by atoms with Gasteiger partial charge in [-0.3, -0.25) is 4.79 Å². The fraction of sp³-hybridized carbons (Fsp3) is 0.360. The van der Waals surface area contributed by atoms with Crippen molar-refractivity contribution < 1.29 is 17.9 Å². The molecule has 1 aromatic heterocycles. The van der Waals surface area contributed by atoms with Crippen LogP contribution in [-0.2, 0) is 19.6 Å². The maximum absolute atomic E-state index is 13.0. The van der Waals surface area contributed by atoms with Crippen molar-refractivity contribution in [3.63, 3.8) is 0 Å². The molecule has 0 spiro atoms. The number of nitrogens with zero attached hydrogens (tertiary/aromatic N) is 2. The molecule has 1 aliphatic heterocycles. The molecule has 0 aliphatic carbocycles. The van der Waals surface area contributed by atoms with E-state index in [2.05, 4.69) is 10.3 Å². The van der Waals surface area contributed by atoms with Gasteiger partial charge < -0.3 is 10.1 Å². The molecule has 0 unspecified atom stereocenters. The Bertz CT molecular complexity index is 1340. The van der Waals surface area contributed by atoms with Crippen LogP contribution >= 0.6 is 11.8 Å². The third kappa shape index (κ3) is 5.27. The summed E-state index contributed by atoms with van der Waals surface area (Å²) >= 11 is 1.38. The summed E-state index contributed by atoms with van der Waals surface area (Å²) in [4.78, 5) is 17.7. The molecule has 1 fully saturated rings. The summed E-state index contributed by atoms with van der Waals surface area (Å²) in [6, 6.07) is 12.8. The monoisotopic (exact) mass is 499 g/mol. The smallest absolute Gasteiger partial charge is 0.243 e. The molecule has 7 nitrogen and oxygen atoms in total. The molecule has 0 bridgehead atoms. The highest BCUT2D eigenvalue weighted by molar-refractivity contribution is 8.00. The Hall–Kier alpha value is -2.46. The standard InChI is InChI=1S/C25H29N3O4S2/c1-16-5-6-20(13-17(16)2)26-25(29)19(4)33-24-14-18(3)22-15-21(7-8-23(22)27-24)34(30,31)28-9-11-32-12-10-28/h5-8,13-15,19H,9-12H2,1-4H3,(H,26,29)/t19-/m1/s1. The van der Waals surface area contributed by atoms with Crippen LogP contribution in [0.4, 0.5) is 5.69 Å². The van der Waals surface area contributed by atoms with E-state index >= 15 is 0 Å². The van der Waals surface area contributed by atoms with Gasteiger partial charge >= 0.3 is 0 Å². The summed E-state index contributed by atoms with van der Waals surface area (Å²) in [5, 5.41) is 4.12. The number of morpholine rings is 1. The van der Waals surface area contributed by atoms with E-state index in [0.717, 1.165) is 27.2 Å². The Kier molecular flexibility index (Phi) is 7.28. The Labute approximate surface area is 205 Å². The van der Waals surface area contributed by atoms with Crippen LogP contribution in [0.2, 0.25) is 0 Å². The molecular formula is C25H29N3O4S2. The average molecular weight is 500 g/mol. The van der Waals surface area contributed by atoms with Gasteiger partial charge in [0.25, 0.3) is 0 Å². The molecule has 4 rings (SSSR count). The van der Waals surface area contributed by atoms with Gasteiger partial charge in [0.05, 0.1) is 33.9 Å². The van der Waals surface area contributed by atoms with Gasteiger partial charge in [0.2, 0.25) is 15.9 Å². The molecule has 1 amide bonds. The second-order valence-electron chi connectivity index (χ2n) is 8.52. The van der Waals surface area contributed by atoms with E-state index in [0.29, 0.717) is 31.8 Å². The average Bonchev–Trinajstić information content (AvgIpc) is 2.81. The Morgan fingerprint density at radius 3 is 2.47 bits per heavy atom. The third-order valence-corrected chi connectivity index (χ3v) is 8.93. The summed E-state index contributed by atoms with van der Waals surface area (Å²) in [6.45, 7) is 9.35. The number of aryl methyl sites for hydroxylation is 3. The lowest BCUT2D eigenvalue weighted by Crippen LogP contribution is -2.40.